The van der Waals surface area contributed by atoms with Crippen molar-refractivity contribution in [1.82, 2.24) is 0 Å². The Morgan fingerprint density at radius 3 is 2.23 bits per heavy atom. The Balaban J connectivity index is 4.19. The van der Waals surface area contributed by atoms with Crippen LogP contribution in [0.25, 0.3) is 0 Å². The summed E-state index contributed by atoms with van der Waals surface area (Å²) in [4.78, 5) is 20.2. The first kappa shape index (κ1) is 11.7. The first-order valence-corrected chi connectivity index (χ1v) is 3.29. The smallest absolute Gasteiger partial charge is 0.422 e. The highest BCUT2D eigenvalue weighted by Crippen LogP contribution is 2.26. The number of halogens is 3. The second-order valence-electron chi connectivity index (χ2n) is 2.15. The van der Waals surface area contributed by atoms with Crippen molar-refractivity contribution < 1.29 is 27.5 Å². The van der Waals surface area contributed by atoms with E-state index < -0.39 is 30.6 Å². The lowest BCUT2D eigenvalue weighted by Crippen LogP contribution is -2.14. The molecule has 0 aromatic carbocycles. The van der Waals surface area contributed by atoms with E-state index in [0.717, 1.165) is 13.1 Å². The number of allylic oxidation sites excluding steroid dienone is 1. The number of carbonyl (C=O) groups excluding carboxylic acids is 2. The lowest BCUT2D eigenvalue weighted by Gasteiger charge is -2.05. The van der Waals surface area contributed by atoms with E-state index in [4.69, 9.17) is 0 Å². The van der Waals surface area contributed by atoms with Crippen LogP contribution in [0.15, 0.2) is 5.57 Å². The van der Waals surface area contributed by atoms with Crippen molar-refractivity contribution in [1.29, 1.82) is 0 Å². The lowest BCUT2D eigenvalue weighted by atomic mass is 10.1. The molecule has 0 saturated heterocycles. The number of alkyl halides is 3. The lowest BCUT2D eigenvalue weighted by molar-refractivity contribution is -0.140. The maximum atomic E-state index is 11.8. The maximum absolute atomic E-state index is 11.8. The summed E-state index contributed by atoms with van der Waals surface area (Å²) in [5, 5.41) is 0. The van der Waals surface area contributed by atoms with Crippen molar-refractivity contribution in [2.45, 2.75) is 19.0 Å². The third kappa shape index (κ3) is 4.32. The molecule has 6 heteroatoms. The highest BCUT2D eigenvalue weighted by atomic mass is 19.4. The third-order valence-corrected chi connectivity index (χ3v) is 1.27. The summed E-state index contributed by atoms with van der Waals surface area (Å²) in [7, 11) is 1.06. The van der Waals surface area contributed by atoms with Crippen LogP contribution < -0.4 is 0 Å². The van der Waals surface area contributed by atoms with E-state index in [2.05, 4.69) is 4.74 Å². The van der Waals surface area contributed by atoms with Gasteiger partial charge in [-0.1, -0.05) is 0 Å². The predicted octanol–water partition coefficient (Wildman–Crippen LogP) is 1.26. The van der Waals surface area contributed by atoms with Gasteiger partial charge in [0.1, 0.15) is 11.5 Å². The second kappa shape index (κ2) is 4.67. The molecule has 0 heterocycles. The number of ether oxygens (including phenoxy) is 1. The van der Waals surface area contributed by atoms with E-state index in [9.17, 15) is 22.8 Å². The normalized spacial score (nSPS) is 10.5. The second-order valence-corrected chi connectivity index (χ2v) is 2.15. The molecule has 0 fully saturated rings. The minimum absolute atomic E-state index is 0.472. The van der Waals surface area contributed by atoms with Crippen LogP contribution >= 0.6 is 0 Å². The molecule has 0 aromatic heterocycles. The van der Waals surface area contributed by atoms with E-state index >= 15 is 0 Å². The van der Waals surface area contributed by atoms with Crippen LogP contribution in [0.3, 0.4) is 0 Å². The molecule has 0 amide bonds. The molecule has 0 unspecified atom stereocenters. The summed E-state index contributed by atoms with van der Waals surface area (Å²) in [5.41, 5.74) is -1.38. The first-order chi connectivity index (χ1) is 5.91. The van der Waals surface area contributed by atoms with Crippen LogP contribution in [0.5, 0.6) is 0 Å². The van der Waals surface area contributed by atoms with Crippen molar-refractivity contribution in [3.63, 3.8) is 0 Å². The molecule has 0 aliphatic rings. The molecule has 13 heavy (non-hydrogen) atoms. The van der Waals surface area contributed by atoms with Crippen molar-refractivity contribution in [3.05, 3.63) is 5.57 Å². The molecule has 0 atom stereocenters. The SMILES string of the molecule is COC(=O)CCC(=C=O)C(F)(F)F. The summed E-state index contributed by atoms with van der Waals surface area (Å²) in [6.07, 6.45) is -5.88. The van der Waals surface area contributed by atoms with Crippen molar-refractivity contribution in [2.75, 3.05) is 7.11 Å². The van der Waals surface area contributed by atoms with Crippen LogP contribution in [-0.4, -0.2) is 25.2 Å². The zero-order valence-electron chi connectivity index (χ0n) is 6.77. The fraction of sp³-hybridized carbons (Fsp3) is 0.571. The Kier molecular flexibility index (Phi) is 4.20. The first-order valence-electron chi connectivity index (χ1n) is 3.29. The van der Waals surface area contributed by atoms with Gasteiger partial charge in [-0.2, -0.15) is 13.2 Å². The fourth-order valence-corrected chi connectivity index (χ4v) is 0.580. The zero-order valence-corrected chi connectivity index (χ0v) is 6.77. The number of hydrogen-bond acceptors (Lipinski definition) is 3. The molecule has 0 bridgehead atoms. The van der Waals surface area contributed by atoms with Gasteiger partial charge in [-0.3, -0.25) is 4.79 Å². The molecule has 0 spiro atoms. The molecule has 0 saturated carbocycles. The van der Waals surface area contributed by atoms with Gasteiger partial charge < -0.3 is 4.74 Å². The third-order valence-electron chi connectivity index (χ3n) is 1.27. The van der Waals surface area contributed by atoms with Crippen LogP contribution in [0.4, 0.5) is 13.2 Å². The van der Waals surface area contributed by atoms with Gasteiger partial charge in [0.05, 0.1) is 13.5 Å². The van der Waals surface area contributed by atoms with Gasteiger partial charge in [0, 0.05) is 0 Å². The predicted molar refractivity (Wildman–Crippen MR) is 36.5 cm³/mol. The molecule has 0 aliphatic carbocycles. The molecule has 0 aliphatic heterocycles. The maximum Gasteiger partial charge on any atom is 0.422 e. The molecule has 74 valence electrons. The fourth-order valence-electron chi connectivity index (χ4n) is 0.580. The summed E-state index contributed by atoms with van der Waals surface area (Å²) in [5.74, 6) is -0.0391. The van der Waals surface area contributed by atoms with Crippen LogP contribution in [-0.2, 0) is 14.3 Å². The van der Waals surface area contributed by atoms with E-state index in [-0.39, 0.29) is 0 Å². The van der Waals surface area contributed by atoms with E-state index in [1.54, 1.807) is 0 Å². The Labute approximate surface area is 72.2 Å². The monoisotopic (exact) mass is 196 g/mol. The van der Waals surface area contributed by atoms with Gasteiger partial charge in [-0.25, -0.2) is 4.79 Å². The topological polar surface area (TPSA) is 43.4 Å². The largest absolute Gasteiger partial charge is 0.469 e. The number of carbonyl (C=O) groups is 1. The van der Waals surface area contributed by atoms with Crippen LogP contribution in [0.1, 0.15) is 12.8 Å². The Bertz CT molecular complexity index is 238. The Morgan fingerprint density at radius 1 is 1.38 bits per heavy atom. The van der Waals surface area contributed by atoms with Crippen LogP contribution in [0, 0.1) is 0 Å². The highest BCUT2D eigenvalue weighted by molar-refractivity contribution is 5.70. The summed E-state index contributed by atoms with van der Waals surface area (Å²) in [6, 6.07) is 0. The molecule has 0 radical (unpaired) electrons. The van der Waals surface area contributed by atoms with Crippen molar-refractivity contribution in [2.24, 2.45) is 0 Å². The number of rotatable bonds is 3. The quantitative estimate of drug-likeness (QED) is 0.504. The molecular formula is C7H7F3O3. The van der Waals surface area contributed by atoms with Crippen LogP contribution in [0.2, 0.25) is 0 Å². The number of hydrogen-bond donors (Lipinski definition) is 0. The summed E-state index contributed by atoms with van der Waals surface area (Å²) >= 11 is 0. The van der Waals surface area contributed by atoms with Gasteiger partial charge >= 0.3 is 12.1 Å². The van der Waals surface area contributed by atoms with Crippen molar-refractivity contribution in [3.8, 4) is 0 Å². The van der Waals surface area contributed by atoms with E-state index in [1.165, 1.54) is 0 Å². The number of esters is 1. The van der Waals surface area contributed by atoms with Crippen molar-refractivity contribution >= 4 is 11.9 Å². The summed E-state index contributed by atoms with van der Waals surface area (Å²) < 4.78 is 39.6. The Morgan fingerprint density at radius 2 is 1.92 bits per heavy atom. The zero-order chi connectivity index (χ0) is 10.5. The standard InChI is InChI=1S/C7H7F3O3/c1-13-6(12)3-2-5(4-11)7(8,9)10/h2-3H2,1H3. The molecular weight excluding hydrogens is 189 g/mol. The van der Waals surface area contributed by atoms with Gasteiger partial charge in [-0.15, -0.1) is 0 Å². The molecule has 0 rings (SSSR count). The van der Waals surface area contributed by atoms with E-state index in [1.807, 2.05) is 0 Å². The highest BCUT2D eigenvalue weighted by Gasteiger charge is 2.34. The average molecular weight is 196 g/mol. The van der Waals surface area contributed by atoms with Gasteiger partial charge in [0.25, 0.3) is 0 Å². The van der Waals surface area contributed by atoms with Gasteiger partial charge in [0.15, 0.2) is 0 Å². The van der Waals surface area contributed by atoms with Gasteiger partial charge in [-0.05, 0) is 6.42 Å². The minimum atomic E-state index is -4.71. The minimum Gasteiger partial charge on any atom is -0.469 e. The molecule has 0 aromatic rings. The molecule has 3 nitrogen and oxygen atoms in total. The summed E-state index contributed by atoms with van der Waals surface area (Å²) in [6.45, 7) is 0. The Hall–Kier alpha value is -1.29. The number of methoxy groups -OCH3 is 1. The van der Waals surface area contributed by atoms with Gasteiger partial charge in [0.2, 0.25) is 0 Å². The molecule has 0 N–H and O–H groups in total. The van der Waals surface area contributed by atoms with E-state index in [0.29, 0.717) is 0 Å². The average Bonchev–Trinajstić information content (AvgIpc) is 2.02.